The summed E-state index contributed by atoms with van der Waals surface area (Å²) in [6.07, 6.45) is 9.43. The maximum Gasteiger partial charge on any atom is 0.223 e. The van der Waals surface area contributed by atoms with Crippen LogP contribution in [0.5, 0.6) is 0 Å². The molecule has 1 amide bonds. The Hall–Kier alpha value is -2.96. The molecule has 3 aromatic rings. The van der Waals surface area contributed by atoms with E-state index in [0.29, 0.717) is 0 Å². The Balaban J connectivity index is 1.20. The van der Waals surface area contributed by atoms with Gasteiger partial charge >= 0.3 is 0 Å². The van der Waals surface area contributed by atoms with Gasteiger partial charge in [-0.1, -0.05) is 49.1 Å². The molecule has 1 saturated heterocycles. The molecular formula is C25H32N6O. The summed E-state index contributed by atoms with van der Waals surface area (Å²) in [6.45, 7) is 4.58. The number of nitrogens with zero attached hydrogens (tertiary/aromatic N) is 5. The topological polar surface area (TPSA) is 75.4 Å². The van der Waals surface area contributed by atoms with Crippen LogP contribution in [0, 0.1) is 12.8 Å². The van der Waals surface area contributed by atoms with Crippen LogP contribution in [0.25, 0.3) is 5.65 Å². The van der Waals surface area contributed by atoms with E-state index in [4.69, 9.17) is 0 Å². The first-order valence-electron chi connectivity index (χ1n) is 11.9. The molecule has 32 heavy (non-hydrogen) atoms. The summed E-state index contributed by atoms with van der Waals surface area (Å²) >= 11 is 0. The van der Waals surface area contributed by atoms with Crippen LogP contribution in [0.1, 0.15) is 56.1 Å². The lowest BCUT2D eigenvalue weighted by Crippen LogP contribution is -2.46. The fourth-order valence-electron chi connectivity index (χ4n) is 5.43. The largest absolute Gasteiger partial charge is 0.355 e. The van der Waals surface area contributed by atoms with Gasteiger partial charge in [-0.2, -0.15) is 4.52 Å². The van der Waals surface area contributed by atoms with Crippen molar-refractivity contribution in [1.82, 2.24) is 25.1 Å². The van der Waals surface area contributed by atoms with Crippen molar-refractivity contribution in [3.8, 4) is 0 Å². The summed E-state index contributed by atoms with van der Waals surface area (Å²) in [4.78, 5) is 15.3. The number of carbonyl (C=O) groups is 1. The highest BCUT2D eigenvalue weighted by molar-refractivity contribution is 5.79. The van der Waals surface area contributed by atoms with E-state index in [9.17, 15) is 4.79 Å². The molecule has 7 nitrogen and oxygen atoms in total. The number of rotatable bonds is 5. The minimum atomic E-state index is 0.0723. The molecule has 5 rings (SSSR count). The standard InChI is InChI=1S/C25H32N6O/c1-19-6-5-7-21(16-19)25(12-3-2-4-13-25)17-26-24(32)20-10-14-30(15-11-20)23-9-8-22-28-27-18-31(22)29-23/h5-9,16,18,20H,2-4,10-15,17H2,1H3,(H,26,32). The Kier molecular flexibility index (Phi) is 5.81. The maximum absolute atomic E-state index is 13.1. The molecule has 0 atom stereocenters. The van der Waals surface area contributed by atoms with Gasteiger partial charge in [0, 0.05) is 31.0 Å². The lowest BCUT2D eigenvalue weighted by Gasteiger charge is -2.39. The molecule has 168 valence electrons. The minimum absolute atomic E-state index is 0.0723. The van der Waals surface area contributed by atoms with Gasteiger partial charge in [0.15, 0.2) is 5.65 Å². The quantitative estimate of drug-likeness (QED) is 0.666. The van der Waals surface area contributed by atoms with Gasteiger partial charge in [-0.3, -0.25) is 4.79 Å². The van der Waals surface area contributed by atoms with Gasteiger partial charge in [-0.05, 0) is 50.3 Å². The van der Waals surface area contributed by atoms with Crippen LogP contribution < -0.4 is 10.2 Å². The third-order valence-electron chi connectivity index (χ3n) is 7.38. The zero-order chi connectivity index (χ0) is 22.0. The lowest BCUT2D eigenvalue weighted by atomic mass is 9.69. The fourth-order valence-corrected chi connectivity index (χ4v) is 5.43. The number of nitrogens with one attached hydrogen (secondary N) is 1. The monoisotopic (exact) mass is 432 g/mol. The van der Waals surface area contributed by atoms with Gasteiger partial charge in [-0.25, -0.2) is 0 Å². The van der Waals surface area contributed by atoms with Gasteiger partial charge in [0.1, 0.15) is 12.1 Å². The summed E-state index contributed by atoms with van der Waals surface area (Å²) in [6, 6.07) is 12.8. The van der Waals surface area contributed by atoms with Gasteiger partial charge in [-0.15, -0.1) is 15.3 Å². The second-order valence-corrected chi connectivity index (χ2v) is 9.51. The summed E-state index contributed by atoms with van der Waals surface area (Å²) in [5.74, 6) is 1.20. The second kappa shape index (κ2) is 8.88. The third kappa shape index (κ3) is 4.20. The van der Waals surface area contributed by atoms with Crippen LogP contribution in [0.2, 0.25) is 0 Å². The van der Waals surface area contributed by atoms with E-state index in [-0.39, 0.29) is 17.2 Å². The van der Waals surface area contributed by atoms with Crippen molar-refractivity contribution in [2.24, 2.45) is 5.92 Å². The number of hydrogen-bond donors (Lipinski definition) is 1. The molecule has 7 heteroatoms. The second-order valence-electron chi connectivity index (χ2n) is 9.51. The Morgan fingerprint density at radius 2 is 1.94 bits per heavy atom. The van der Waals surface area contributed by atoms with Crippen molar-refractivity contribution in [3.63, 3.8) is 0 Å². The summed E-state index contributed by atoms with van der Waals surface area (Å²) < 4.78 is 1.70. The van der Waals surface area contributed by atoms with Gasteiger partial charge in [0.25, 0.3) is 0 Å². The van der Waals surface area contributed by atoms with Crippen molar-refractivity contribution in [1.29, 1.82) is 0 Å². The number of fused-ring (bicyclic) bond motifs is 1. The molecule has 1 N–H and O–H groups in total. The minimum Gasteiger partial charge on any atom is -0.355 e. The molecule has 3 heterocycles. The first-order valence-corrected chi connectivity index (χ1v) is 11.9. The maximum atomic E-state index is 13.1. The van der Waals surface area contributed by atoms with E-state index in [1.165, 1.54) is 30.4 Å². The lowest BCUT2D eigenvalue weighted by molar-refractivity contribution is -0.125. The Morgan fingerprint density at radius 1 is 1.12 bits per heavy atom. The highest BCUT2D eigenvalue weighted by atomic mass is 16.1. The van der Waals surface area contributed by atoms with Gasteiger partial charge < -0.3 is 10.2 Å². The third-order valence-corrected chi connectivity index (χ3v) is 7.38. The SMILES string of the molecule is Cc1cccc(C2(CNC(=O)C3CCN(c4ccc5nncn5n4)CC3)CCCCC2)c1. The van der Waals surface area contributed by atoms with Crippen molar-refractivity contribution < 1.29 is 4.79 Å². The predicted molar refractivity (Wildman–Crippen MR) is 125 cm³/mol. The molecule has 2 fully saturated rings. The van der Waals surface area contributed by atoms with E-state index in [1.54, 1.807) is 10.8 Å². The molecule has 0 unspecified atom stereocenters. The van der Waals surface area contributed by atoms with Crippen LogP contribution in [0.15, 0.2) is 42.7 Å². The summed E-state index contributed by atoms with van der Waals surface area (Å²) in [5.41, 5.74) is 3.51. The van der Waals surface area contributed by atoms with E-state index < -0.39 is 0 Å². The number of aryl methyl sites for hydroxylation is 1. The highest BCUT2D eigenvalue weighted by Crippen LogP contribution is 2.39. The van der Waals surface area contributed by atoms with E-state index in [0.717, 1.165) is 56.8 Å². The molecule has 0 spiro atoms. The Labute approximate surface area is 189 Å². The molecule has 1 aromatic carbocycles. The molecule has 1 saturated carbocycles. The summed E-state index contributed by atoms with van der Waals surface area (Å²) in [7, 11) is 0. The van der Waals surface area contributed by atoms with Crippen LogP contribution in [0.4, 0.5) is 5.82 Å². The average molecular weight is 433 g/mol. The smallest absolute Gasteiger partial charge is 0.223 e. The predicted octanol–water partition coefficient (Wildman–Crippen LogP) is 3.67. The molecule has 1 aliphatic heterocycles. The molecule has 2 aliphatic rings. The van der Waals surface area contributed by atoms with Crippen molar-refractivity contribution >= 4 is 17.4 Å². The van der Waals surface area contributed by atoms with Crippen LogP contribution in [-0.2, 0) is 10.2 Å². The van der Waals surface area contributed by atoms with Crippen LogP contribution in [0.3, 0.4) is 0 Å². The number of piperidine rings is 1. The number of benzene rings is 1. The van der Waals surface area contributed by atoms with Crippen molar-refractivity contribution in [2.75, 3.05) is 24.5 Å². The van der Waals surface area contributed by atoms with Gasteiger partial charge in [0.05, 0.1) is 0 Å². The molecule has 2 aromatic heterocycles. The van der Waals surface area contributed by atoms with E-state index >= 15 is 0 Å². The molecule has 1 aliphatic carbocycles. The average Bonchev–Trinajstić information content (AvgIpc) is 3.31. The molecule has 0 bridgehead atoms. The zero-order valence-electron chi connectivity index (χ0n) is 18.8. The highest BCUT2D eigenvalue weighted by Gasteiger charge is 2.35. The molecular weight excluding hydrogens is 400 g/mol. The normalized spacial score (nSPS) is 19.2. The number of hydrogen-bond acceptors (Lipinski definition) is 5. The number of amides is 1. The van der Waals surface area contributed by atoms with E-state index in [1.807, 2.05) is 12.1 Å². The van der Waals surface area contributed by atoms with Crippen molar-refractivity contribution in [3.05, 3.63) is 53.9 Å². The number of aromatic nitrogens is 4. The number of carbonyl (C=O) groups excluding carboxylic acids is 1. The van der Waals surface area contributed by atoms with Crippen LogP contribution >= 0.6 is 0 Å². The van der Waals surface area contributed by atoms with Crippen molar-refractivity contribution in [2.45, 2.75) is 57.3 Å². The van der Waals surface area contributed by atoms with Crippen LogP contribution in [-0.4, -0.2) is 45.4 Å². The Morgan fingerprint density at radius 3 is 2.72 bits per heavy atom. The van der Waals surface area contributed by atoms with E-state index in [2.05, 4.69) is 56.7 Å². The first kappa shape index (κ1) is 20.9. The fraction of sp³-hybridized carbons (Fsp3) is 0.520. The van der Waals surface area contributed by atoms with Gasteiger partial charge in [0.2, 0.25) is 5.91 Å². The number of anilines is 1. The summed E-state index contributed by atoms with van der Waals surface area (Å²) in [5, 5.41) is 15.9. The molecule has 0 radical (unpaired) electrons. The Bertz CT molecular complexity index is 1080. The first-order chi connectivity index (χ1) is 15.6. The zero-order valence-corrected chi connectivity index (χ0v) is 18.8.